The first-order chi connectivity index (χ1) is 9.20. The highest BCUT2D eigenvalue weighted by Crippen LogP contribution is 2.17. The van der Waals surface area contributed by atoms with Gasteiger partial charge in [0.2, 0.25) is 11.8 Å². The van der Waals surface area contributed by atoms with E-state index in [1.807, 2.05) is 4.90 Å². The van der Waals surface area contributed by atoms with E-state index in [0.29, 0.717) is 0 Å². The van der Waals surface area contributed by atoms with Crippen molar-refractivity contribution in [2.75, 3.05) is 39.9 Å². The van der Waals surface area contributed by atoms with Crippen LogP contribution in [-0.4, -0.2) is 62.7 Å². The maximum Gasteiger partial charge on any atom is 0.246 e. The Morgan fingerprint density at radius 1 is 1.32 bits per heavy atom. The van der Waals surface area contributed by atoms with Gasteiger partial charge in [0.05, 0.1) is 5.92 Å². The monoisotopic (exact) mass is 269 g/mol. The number of nitrogens with zero attached hydrogens (tertiary/aromatic N) is 1. The second-order valence-corrected chi connectivity index (χ2v) is 5.29. The molecule has 2 saturated heterocycles. The van der Waals surface area contributed by atoms with Crippen LogP contribution in [0, 0.1) is 5.92 Å². The zero-order valence-electron chi connectivity index (χ0n) is 11.5. The van der Waals surface area contributed by atoms with Gasteiger partial charge in [-0.05, 0) is 25.8 Å². The van der Waals surface area contributed by atoms with Crippen LogP contribution in [0.3, 0.4) is 0 Å². The van der Waals surface area contributed by atoms with Crippen LogP contribution in [0.4, 0.5) is 0 Å². The van der Waals surface area contributed by atoms with Crippen LogP contribution in [0.15, 0.2) is 0 Å². The average Bonchev–Trinajstić information content (AvgIpc) is 2.93. The molecule has 0 saturated carbocycles. The molecule has 0 radical (unpaired) electrons. The van der Waals surface area contributed by atoms with E-state index in [1.54, 1.807) is 0 Å². The second kappa shape index (κ2) is 6.86. The van der Waals surface area contributed by atoms with E-state index in [4.69, 9.17) is 4.74 Å². The van der Waals surface area contributed by atoms with Crippen molar-refractivity contribution < 1.29 is 14.3 Å². The van der Waals surface area contributed by atoms with Crippen molar-refractivity contribution in [3.05, 3.63) is 0 Å². The number of hydrogen-bond acceptors (Lipinski definition) is 4. The minimum atomic E-state index is -0.0766. The van der Waals surface area contributed by atoms with Gasteiger partial charge in [0.1, 0.15) is 6.61 Å². The number of carbonyl (C=O) groups is 2. The smallest absolute Gasteiger partial charge is 0.246 e. The standard InChI is InChI=1S/C13H23N3O3/c1-19-9-12(17)15-11-3-6-16(7-4-11)13(18)10-2-5-14-8-10/h10-11,14H,2-9H2,1H3,(H,15,17). The van der Waals surface area contributed by atoms with Gasteiger partial charge in [-0.25, -0.2) is 0 Å². The van der Waals surface area contributed by atoms with Crippen molar-refractivity contribution in [3.8, 4) is 0 Å². The Bertz CT molecular complexity index is 321. The fourth-order valence-corrected chi connectivity index (χ4v) is 2.77. The molecule has 2 rings (SSSR count). The van der Waals surface area contributed by atoms with Gasteiger partial charge in [0.15, 0.2) is 0 Å². The van der Waals surface area contributed by atoms with Crippen molar-refractivity contribution >= 4 is 11.8 Å². The van der Waals surface area contributed by atoms with E-state index >= 15 is 0 Å². The molecule has 2 amide bonds. The summed E-state index contributed by atoms with van der Waals surface area (Å²) in [5, 5.41) is 6.16. The zero-order chi connectivity index (χ0) is 13.7. The summed E-state index contributed by atoms with van der Waals surface area (Å²) in [4.78, 5) is 25.6. The maximum absolute atomic E-state index is 12.2. The third kappa shape index (κ3) is 3.91. The minimum Gasteiger partial charge on any atom is -0.375 e. The van der Waals surface area contributed by atoms with E-state index in [-0.39, 0.29) is 30.4 Å². The van der Waals surface area contributed by atoms with E-state index in [1.165, 1.54) is 7.11 Å². The van der Waals surface area contributed by atoms with Crippen LogP contribution in [0.5, 0.6) is 0 Å². The molecule has 0 aromatic carbocycles. The highest BCUT2D eigenvalue weighted by Gasteiger charge is 2.30. The van der Waals surface area contributed by atoms with Crippen LogP contribution in [0.2, 0.25) is 0 Å². The van der Waals surface area contributed by atoms with Gasteiger partial charge in [0.25, 0.3) is 0 Å². The van der Waals surface area contributed by atoms with Crippen molar-refractivity contribution in [2.45, 2.75) is 25.3 Å². The van der Waals surface area contributed by atoms with Crippen LogP contribution in [0.1, 0.15) is 19.3 Å². The highest BCUT2D eigenvalue weighted by atomic mass is 16.5. The summed E-state index contributed by atoms with van der Waals surface area (Å²) in [6, 6.07) is 0.174. The largest absolute Gasteiger partial charge is 0.375 e. The first kappa shape index (κ1) is 14.3. The Hall–Kier alpha value is -1.14. The van der Waals surface area contributed by atoms with Crippen molar-refractivity contribution in [1.29, 1.82) is 0 Å². The number of amides is 2. The molecule has 19 heavy (non-hydrogen) atoms. The molecule has 0 bridgehead atoms. The molecular formula is C13H23N3O3. The number of carbonyl (C=O) groups excluding carboxylic acids is 2. The number of methoxy groups -OCH3 is 1. The Kier molecular flexibility index (Phi) is 5.15. The van der Waals surface area contributed by atoms with Crippen molar-refractivity contribution in [2.24, 2.45) is 5.92 Å². The molecule has 2 N–H and O–H groups in total. The summed E-state index contributed by atoms with van der Waals surface area (Å²) in [6.45, 7) is 3.34. The first-order valence-corrected chi connectivity index (χ1v) is 6.98. The van der Waals surface area contributed by atoms with E-state index in [9.17, 15) is 9.59 Å². The van der Waals surface area contributed by atoms with Crippen LogP contribution in [0.25, 0.3) is 0 Å². The van der Waals surface area contributed by atoms with Gasteiger partial charge in [-0.3, -0.25) is 9.59 Å². The SMILES string of the molecule is COCC(=O)NC1CCN(C(=O)C2CCNC2)CC1. The van der Waals surface area contributed by atoms with Gasteiger partial charge >= 0.3 is 0 Å². The van der Waals surface area contributed by atoms with Crippen LogP contribution in [-0.2, 0) is 14.3 Å². The molecule has 1 unspecified atom stereocenters. The molecule has 2 heterocycles. The number of hydrogen-bond donors (Lipinski definition) is 2. The maximum atomic E-state index is 12.2. The van der Waals surface area contributed by atoms with Gasteiger partial charge in [0, 0.05) is 32.8 Å². The fourth-order valence-electron chi connectivity index (χ4n) is 2.77. The van der Waals surface area contributed by atoms with Gasteiger partial charge in [-0.15, -0.1) is 0 Å². The summed E-state index contributed by atoms with van der Waals surface area (Å²) in [5.41, 5.74) is 0. The fraction of sp³-hybridized carbons (Fsp3) is 0.846. The lowest BCUT2D eigenvalue weighted by Crippen LogP contribution is -2.48. The molecular weight excluding hydrogens is 246 g/mol. The number of likely N-dealkylation sites (tertiary alicyclic amines) is 1. The Balaban J connectivity index is 1.72. The molecule has 0 aliphatic carbocycles. The molecule has 6 heteroatoms. The zero-order valence-corrected chi connectivity index (χ0v) is 11.5. The summed E-state index contributed by atoms with van der Waals surface area (Å²) >= 11 is 0. The number of nitrogens with one attached hydrogen (secondary N) is 2. The quantitative estimate of drug-likeness (QED) is 0.711. The van der Waals surface area contributed by atoms with Gasteiger partial charge in [-0.2, -0.15) is 0 Å². The molecule has 1 atom stereocenters. The summed E-state index contributed by atoms with van der Waals surface area (Å²) in [7, 11) is 1.51. The average molecular weight is 269 g/mol. The molecule has 2 aliphatic heterocycles. The summed E-state index contributed by atoms with van der Waals surface area (Å²) < 4.78 is 4.79. The Labute approximate surface area is 113 Å². The van der Waals surface area contributed by atoms with Crippen molar-refractivity contribution in [3.63, 3.8) is 0 Å². The Morgan fingerprint density at radius 2 is 2.05 bits per heavy atom. The molecule has 0 aromatic heterocycles. The predicted molar refractivity (Wildman–Crippen MR) is 70.6 cm³/mol. The van der Waals surface area contributed by atoms with E-state index in [2.05, 4.69) is 10.6 Å². The number of rotatable bonds is 4. The molecule has 108 valence electrons. The lowest BCUT2D eigenvalue weighted by Gasteiger charge is -2.33. The molecule has 2 fully saturated rings. The topological polar surface area (TPSA) is 70.7 Å². The summed E-state index contributed by atoms with van der Waals surface area (Å²) in [6.07, 6.45) is 2.62. The van der Waals surface area contributed by atoms with Crippen LogP contribution < -0.4 is 10.6 Å². The first-order valence-electron chi connectivity index (χ1n) is 6.98. The number of piperidine rings is 1. The third-order valence-electron chi connectivity index (χ3n) is 3.86. The third-order valence-corrected chi connectivity index (χ3v) is 3.86. The van der Waals surface area contributed by atoms with E-state index in [0.717, 1.165) is 45.4 Å². The predicted octanol–water partition coefficient (Wildman–Crippen LogP) is -0.650. The van der Waals surface area contributed by atoms with Crippen molar-refractivity contribution in [1.82, 2.24) is 15.5 Å². The Morgan fingerprint density at radius 3 is 2.63 bits per heavy atom. The van der Waals surface area contributed by atoms with E-state index < -0.39 is 0 Å². The van der Waals surface area contributed by atoms with Crippen LogP contribution >= 0.6 is 0 Å². The second-order valence-electron chi connectivity index (χ2n) is 5.29. The highest BCUT2D eigenvalue weighted by molar-refractivity contribution is 5.80. The lowest BCUT2D eigenvalue weighted by molar-refractivity contribution is -0.136. The number of ether oxygens (including phenoxy) is 1. The molecule has 6 nitrogen and oxygen atoms in total. The van der Waals surface area contributed by atoms with Gasteiger partial charge in [-0.1, -0.05) is 0 Å². The van der Waals surface area contributed by atoms with Gasteiger partial charge < -0.3 is 20.3 Å². The minimum absolute atomic E-state index is 0.0766. The molecule has 0 spiro atoms. The summed E-state index contributed by atoms with van der Waals surface area (Å²) in [5.74, 6) is 0.346. The lowest BCUT2D eigenvalue weighted by atomic mass is 10.0. The molecule has 0 aromatic rings. The molecule has 2 aliphatic rings. The normalized spacial score (nSPS) is 24.5.